The quantitative estimate of drug-likeness (QED) is 0.596. The molecule has 1 aliphatic carbocycles. The van der Waals surface area contributed by atoms with Gasteiger partial charge in [-0.05, 0) is 24.3 Å². The Hall–Kier alpha value is -2.45. The van der Waals surface area contributed by atoms with Gasteiger partial charge in [0.1, 0.15) is 10.6 Å². The number of nitrogens with one attached hydrogen (secondary N) is 1. The number of hydrogen-bond donors (Lipinski definition) is 2. The lowest BCUT2D eigenvalue weighted by Crippen LogP contribution is -2.34. The molecule has 0 radical (unpaired) electrons. The van der Waals surface area contributed by atoms with Crippen LogP contribution in [0.5, 0.6) is 0 Å². The first kappa shape index (κ1) is 18.3. The Labute approximate surface area is 158 Å². The summed E-state index contributed by atoms with van der Waals surface area (Å²) >= 11 is 2.71. The molecular weight excluding hydrogens is 374 g/mol. The number of rotatable bonds is 5. The summed E-state index contributed by atoms with van der Waals surface area (Å²) < 4.78 is 4.88. The van der Waals surface area contributed by atoms with Gasteiger partial charge in [0.25, 0.3) is 0 Å². The zero-order valence-electron chi connectivity index (χ0n) is 13.9. The third-order valence-electron chi connectivity index (χ3n) is 4.29. The van der Waals surface area contributed by atoms with E-state index in [1.807, 2.05) is 23.6 Å². The zero-order chi connectivity index (χ0) is 18.7. The minimum absolute atomic E-state index is 0.298. The number of allylic oxidation sites excluding steroid dienone is 2. The number of ether oxygens (including phenoxy) is 1. The van der Waals surface area contributed by atoms with Gasteiger partial charge in [0.05, 0.1) is 18.9 Å². The average Bonchev–Trinajstić information content (AvgIpc) is 3.30. The molecule has 0 bridgehead atoms. The maximum absolute atomic E-state index is 12.7. The van der Waals surface area contributed by atoms with Crippen molar-refractivity contribution in [1.29, 1.82) is 0 Å². The van der Waals surface area contributed by atoms with Crippen LogP contribution in [-0.4, -0.2) is 30.1 Å². The molecule has 1 amide bonds. The zero-order valence-corrected chi connectivity index (χ0v) is 15.6. The van der Waals surface area contributed by atoms with Crippen molar-refractivity contribution in [3.8, 4) is 10.4 Å². The van der Waals surface area contributed by atoms with Gasteiger partial charge in [-0.2, -0.15) is 0 Å². The molecule has 2 heterocycles. The fourth-order valence-electron chi connectivity index (χ4n) is 2.95. The Balaban J connectivity index is 1.90. The number of carbonyl (C=O) groups is 3. The smallest absolute Gasteiger partial charge is 0.341 e. The Bertz CT molecular complexity index is 853. The predicted octanol–water partition coefficient (Wildman–Crippen LogP) is 3.87. The highest BCUT2D eigenvalue weighted by Crippen LogP contribution is 2.39. The van der Waals surface area contributed by atoms with E-state index < -0.39 is 29.7 Å². The molecule has 6 nitrogen and oxygen atoms in total. The van der Waals surface area contributed by atoms with Crippen molar-refractivity contribution < 1.29 is 24.2 Å². The van der Waals surface area contributed by atoms with E-state index in [2.05, 4.69) is 5.32 Å². The lowest BCUT2D eigenvalue weighted by molar-refractivity contribution is -0.146. The fraction of sp³-hybridized carbons (Fsp3) is 0.278. The van der Waals surface area contributed by atoms with Gasteiger partial charge in [-0.3, -0.25) is 9.59 Å². The molecule has 136 valence electrons. The monoisotopic (exact) mass is 391 g/mol. The normalized spacial score (nSPS) is 19.1. The van der Waals surface area contributed by atoms with Gasteiger partial charge in [-0.15, -0.1) is 22.7 Å². The van der Waals surface area contributed by atoms with Crippen LogP contribution in [-0.2, 0) is 14.3 Å². The molecule has 0 aromatic carbocycles. The molecule has 2 unspecified atom stereocenters. The lowest BCUT2D eigenvalue weighted by Gasteiger charge is -2.24. The van der Waals surface area contributed by atoms with Crippen molar-refractivity contribution in [2.45, 2.75) is 12.8 Å². The van der Waals surface area contributed by atoms with Crippen molar-refractivity contribution in [1.82, 2.24) is 0 Å². The first-order valence-electron chi connectivity index (χ1n) is 7.95. The van der Waals surface area contributed by atoms with E-state index >= 15 is 0 Å². The van der Waals surface area contributed by atoms with Gasteiger partial charge in [0.15, 0.2) is 0 Å². The summed E-state index contributed by atoms with van der Waals surface area (Å²) in [7, 11) is 1.29. The van der Waals surface area contributed by atoms with Crippen molar-refractivity contribution in [3.05, 3.63) is 40.6 Å². The Morgan fingerprint density at radius 2 is 1.92 bits per heavy atom. The number of esters is 1. The second-order valence-corrected chi connectivity index (χ2v) is 7.63. The van der Waals surface area contributed by atoms with Crippen LogP contribution in [0.2, 0.25) is 0 Å². The molecule has 2 aromatic heterocycles. The van der Waals surface area contributed by atoms with Crippen LogP contribution in [0.15, 0.2) is 35.0 Å². The summed E-state index contributed by atoms with van der Waals surface area (Å²) in [5.41, 5.74) is 0.997. The van der Waals surface area contributed by atoms with Crippen LogP contribution < -0.4 is 5.32 Å². The van der Waals surface area contributed by atoms with Gasteiger partial charge in [0, 0.05) is 15.8 Å². The fourth-order valence-corrected chi connectivity index (χ4v) is 4.72. The standard InChI is InChI=1S/C18H17NO5S2/c1-24-18(23)14-12(13-7-4-8-25-13)9-26-16(14)19-15(20)10-5-2-3-6-11(10)17(21)22/h2-4,7-11H,5-6H2,1H3,(H,19,20)(H,21,22). The van der Waals surface area contributed by atoms with Crippen LogP contribution in [0, 0.1) is 11.8 Å². The Morgan fingerprint density at radius 1 is 1.19 bits per heavy atom. The van der Waals surface area contributed by atoms with Crippen LogP contribution in [0.1, 0.15) is 23.2 Å². The molecule has 8 heteroatoms. The highest BCUT2D eigenvalue weighted by atomic mass is 32.1. The maximum Gasteiger partial charge on any atom is 0.341 e. The first-order chi connectivity index (χ1) is 12.5. The molecule has 3 rings (SSSR count). The number of methoxy groups -OCH3 is 1. The summed E-state index contributed by atoms with van der Waals surface area (Å²) in [4.78, 5) is 37.3. The van der Waals surface area contributed by atoms with E-state index in [0.29, 0.717) is 29.0 Å². The van der Waals surface area contributed by atoms with E-state index in [-0.39, 0.29) is 0 Å². The number of hydrogen-bond acceptors (Lipinski definition) is 6. The molecule has 1 aliphatic rings. The van der Waals surface area contributed by atoms with Crippen LogP contribution in [0.25, 0.3) is 10.4 Å². The highest BCUT2D eigenvalue weighted by Gasteiger charge is 2.35. The van der Waals surface area contributed by atoms with E-state index in [4.69, 9.17) is 4.74 Å². The Morgan fingerprint density at radius 3 is 2.54 bits per heavy atom. The van der Waals surface area contributed by atoms with E-state index in [9.17, 15) is 19.5 Å². The minimum Gasteiger partial charge on any atom is -0.481 e. The molecule has 0 saturated carbocycles. The van der Waals surface area contributed by atoms with Crippen molar-refractivity contribution in [2.75, 3.05) is 12.4 Å². The van der Waals surface area contributed by atoms with Gasteiger partial charge in [-0.1, -0.05) is 18.2 Å². The Kier molecular flexibility index (Phi) is 5.53. The highest BCUT2D eigenvalue weighted by molar-refractivity contribution is 7.17. The van der Waals surface area contributed by atoms with Crippen molar-refractivity contribution in [3.63, 3.8) is 0 Å². The third kappa shape index (κ3) is 3.56. The predicted molar refractivity (Wildman–Crippen MR) is 101 cm³/mol. The lowest BCUT2D eigenvalue weighted by atomic mass is 9.82. The molecule has 2 N–H and O–H groups in total. The summed E-state index contributed by atoms with van der Waals surface area (Å²) in [5.74, 6) is -3.36. The SMILES string of the molecule is COC(=O)c1c(-c2cccs2)csc1NC(=O)C1CC=CCC1C(=O)O. The second kappa shape index (κ2) is 7.84. The van der Waals surface area contributed by atoms with Crippen LogP contribution in [0.3, 0.4) is 0 Å². The minimum atomic E-state index is -0.992. The summed E-state index contributed by atoms with van der Waals surface area (Å²) in [6.45, 7) is 0. The number of anilines is 1. The summed E-state index contributed by atoms with van der Waals surface area (Å²) in [6, 6.07) is 3.76. The first-order valence-corrected chi connectivity index (χ1v) is 9.71. The average molecular weight is 391 g/mol. The molecule has 0 spiro atoms. The molecule has 0 aliphatic heterocycles. The molecule has 2 aromatic rings. The summed E-state index contributed by atoms with van der Waals surface area (Å²) in [5, 5.41) is 16.2. The van der Waals surface area contributed by atoms with E-state index in [0.717, 1.165) is 4.88 Å². The van der Waals surface area contributed by atoms with Gasteiger partial charge in [-0.25, -0.2) is 4.79 Å². The maximum atomic E-state index is 12.7. The van der Waals surface area contributed by atoms with Crippen LogP contribution >= 0.6 is 22.7 Å². The topological polar surface area (TPSA) is 92.7 Å². The number of carboxylic acids is 1. The second-order valence-electron chi connectivity index (χ2n) is 5.81. The molecular formula is C18H17NO5S2. The molecule has 0 saturated heterocycles. The van der Waals surface area contributed by atoms with Gasteiger partial charge in [0.2, 0.25) is 5.91 Å². The molecule has 0 fully saturated rings. The van der Waals surface area contributed by atoms with Crippen LogP contribution in [0.4, 0.5) is 5.00 Å². The number of amides is 1. The van der Waals surface area contributed by atoms with E-state index in [1.165, 1.54) is 29.8 Å². The summed E-state index contributed by atoms with van der Waals surface area (Å²) in [6.07, 6.45) is 4.28. The van der Waals surface area contributed by atoms with E-state index in [1.54, 1.807) is 11.5 Å². The number of aliphatic carboxylic acids is 1. The van der Waals surface area contributed by atoms with Gasteiger partial charge < -0.3 is 15.2 Å². The number of thiophene rings is 2. The third-order valence-corrected chi connectivity index (χ3v) is 6.09. The largest absolute Gasteiger partial charge is 0.481 e. The van der Waals surface area contributed by atoms with Crippen molar-refractivity contribution in [2.24, 2.45) is 11.8 Å². The van der Waals surface area contributed by atoms with Crippen molar-refractivity contribution >= 4 is 45.5 Å². The van der Waals surface area contributed by atoms with Gasteiger partial charge >= 0.3 is 11.9 Å². The molecule has 26 heavy (non-hydrogen) atoms. The number of carboxylic acid groups (broad SMARTS) is 1. The molecule has 2 atom stereocenters. The number of carbonyl (C=O) groups excluding carboxylic acids is 2.